The molecule has 1 aliphatic rings. The van der Waals surface area contributed by atoms with Gasteiger partial charge in [-0.25, -0.2) is 0 Å². The van der Waals surface area contributed by atoms with Crippen LogP contribution in [0.3, 0.4) is 0 Å². The lowest BCUT2D eigenvalue weighted by Crippen LogP contribution is -2.49. The van der Waals surface area contributed by atoms with Crippen LogP contribution in [0.2, 0.25) is 0 Å². The first-order valence-electron chi connectivity index (χ1n) is 8.77. The van der Waals surface area contributed by atoms with E-state index in [2.05, 4.69) is 61.0 Å². The molecule has 4 heteroatoms. The van der Waals surface area contributed by atoms with E-state index in [0.717, 1.165) is 39.1 Å². The molecule has 0 atom stereocenters. The van der Waals surface area contributed by atoms with Gasteiger partial charge < -0.3 is 10.2 Å². The molecule has 0 saturated carbocycles. The van der Waals surface area contributed by atoms with Gasteiger partial charge in [0.05, 0.1) is 6.54 Å². The molecule has 1 aromatic carbocycles. The second kappa shape index (κ2) is 8.34. The number of rotatable bonds is 6. The Morgan fingerprint density at radius 3 is 2.52 bits per heavy atom. The summed E-state index contributed by atoms with van der Waals surface area (Å²) in [5.74, 6) is 0.794. The zero-order chi connectivity index (χ0) is 16.8. The summed E-state index contributed by atoms with van der Waals surface area (Å²) in [5, 5.41) is 3.03. The van der Waals surface area contributed by atoms with Gasteiger partial charge in [0.2, 0.25) is 5.91 Å². The number of carbonyl (C=O) groups is 1. The Bertz CT molecular complexity index is 519. The Balaban J connectivity index is 1.77. The van der Waals surface area contributed by atoms with Crippen molar-refractivity contribution in [2.24, 2.45) is 5.92 Å². The van der Waals surface area contributed by atoms with Gasteiger partial charge in [-0.15, -0.1) is 0 Å². The minimum Gasteiger partial charge on any atom is -0.369 e. The van der Waals surface area contributed by atoms with Crippen LogP contribution in [-0.4, -0.2) is 50.1 Å². The number of hydrogen-bond acceptors (Lipinski definition) is 3. The van der Waals surface area contributed by atoms with Gasteiger partial charge in [0.15, 0.2) is 0 Å². The summed E-state index contributed by atoms with van der Waals surface area (Å²) in [6.07, 6.45) is 1.05. The lowest BCUT2D eigenvalue weighted by molar-refractivity contribution is -0.122. The standard InChI is InChI=1S/C19H31N3O/c1-15(2)8-9-20-19(23)14-21-10-12-22(13-11-21)18-7-5-6-16(3)17(18)4/h5-7,15H,8-14H2,1-4H3,(H,20,23). The molecule has 0 bridgehead atoms. The summed E-state index contributed by atoms with van der Waals surface area (Å²) in [7, 11) is 0. The second-order valence-electron chi connectivity index (χ2n) is 7.01. The number of hydrogen-bond donors (Lipinski definition) is 1. The summed E-state index contributed by atoms with van der Waals surface area (Å²) in [6, 6.07) is 6.50. The number of anilines is 1. The second-order valence-corrected chi connectivity index (χ2v) is 7.01. The van der Waals surface area contributed by atoms with Crippen LogP contribution in [0.4, 0.5) is 5.69 Å². The third kappa shape index (κ3) is 5.24. The van der Waals surface area contributed by atoms with E-state index in [1.165, 1.54) is 16.8 Å². The molecule has 4 nitrogen and oxygen atoms in total. The average molecular weight is 317 g/mol. The van der Waals surface area contributed by atoms with Crippen molar-refractivity contribution in [3.8, 4) is 0 Å². The van der Waals surface area contributed by atoms with Gasteiger partial charge in [0.25, 0.3) is 0 Å². The van der Waals surface area contributed by atoms with E-state index in [1.807, 2.05) is 0 Å². The van der Waals surface area contributed by atoms with Gasteiger partial charge in [-0.05, 0) is 43.4 Å². The maximum absolute atomic E-state index is 12.0. The lowest BCUT2D eigenvalue weighted by atomic mass is 10.1. The molecule has 23 heavy (non-hydrogen) atoms. The molecule has 0 unspecified atom stereocenters. The number of amides is 1. The normalized spacial score (nSPS) is 16.0. The first kappa shape index (κ1) is 17.8. The quantitative estimate of drug-likeness (QED) is 0.876. The molecular formula is C19H31N3O. The van der Waals surface area contributed by atoms with Gasteiger partial charge in [0.1, 0.15) is 0 Å². The number of piperazine rings is 1. The predicted molar refractivity (Wildman–Crippen MR) is 97.0 cm³/mol. The van der Waals surface area contributed by atoms with Crippen LogP contribution in [0.1, 0.15) is 31.4 Å². The Morgan fingerprint density at radius 2 is 1.87 bits per heavy atom. The highest BCUT2D eigenvalue weighted by Gasteiger charge is 2.20. The van der Waals surface area contributed by atoms with Crippen molar-refractivity contribution in [1.29, 1.82) is 0 Å². The molecule has 1 fully saturated rings. The number of aryl methyl sites for hydroxylation is 1. The van der Waals surface area contributed by atoms with Crippen molar-refractivity contribution in [1.82, 2.24) is 10.2 Å². The van der Waals surface area contributed by atoms with Crippen LogP contribution in [0.5, 0.6) is 0 Å². The summed E-state index contributed by atoms with van der Waals surface area (Å²) < 4.78 is 0. The number of nitrogens with one attached hydrogen (secondary N) is 1. The van der Waals surface area contributed by atoms with Crippen LogP contribution in [0.25, 0.3) is 0 Å². The molecule has 0 spiro atoms. The minimum absolute atomic E-state index is 0.158. The summed E-state index contributed by atoms with van der Waals surface area (Å²) in [6.45, 7) is 13.9. The molecule has 1 heterocycles. The topological polar surface area (TPSA) is 35.6 Å². The average Bonchev–Trinajstić information content (AvgIpc) is 2.50. The molecule has 0 radical (unpaired) electrons. The zero-order valence-corrected chi connectivity index (χ0v) is 15.1. The van der Waals surface area contributed by atoms with E-state index >= 15 is 0 Å². The van der Waals surface area contributed by atoms with Gasteiger partial charge in [-0.3, -0.25) is 9.69 Å². The largest absolute Gasteiger partial charge is 0.369 e. The number of carbonyl (C=O) groups excluding carboxylic acids is 1. The molecule has 128 valence electrons. The van der Waals surface area contributed by atoms with E-state index in [0.29, 0.717) is 12.5 Å². The molecule has 1 saturated heterocycles. The molecule has 1 amide bonds. The van der Waals surface area contributed by atoms with Gasteiger partial charge in [0, 0.05) is 38.4 Å². The van der Waals surface area contributed by atoms with Crippen molar-refractivity contribution in [3.05, 3.63) is 29.3 Å². The minimum atomic E-state index is 0.158. The zero-order valence-electron chi connectivity index (χ0n) is 15.1. The van der Waals surface area contributed by atoms with Crippen LogP contribution in [0, 0.1) is 19.8 Å². The molecule has 1 aliphatic heterocycles. The Hall–Kier alpha value is -1.55. The number of benzene rings is 1. The molecule has 0 aliphatic carbocycles. The van der Waals surface area contributed by atoms with Crippen LogP contribution in [-0.2, 0) is 4.79 Å². The smallest absolute Gasteiger partial charge is 0.234 e. The molecule has 0 aromatic heterocycles. The maximum Gasteiger partial charge on any atom is 0.234 e. The fraction of sp³-hybridized carbons (Fsp3) is 0.632. The predicted octanol–water partition coefficient (Wildman–Crippen LogP) is 2.59. The van der Waals surface area contributed by atoms with E-state index in [4.69, 9.17) is 0 Å². The molecule has 1 N–H and O–H groups in total. The third-order valence-corrected chi connectivity index (χ3v) is 4.70. The van der Waals surface area contributed by atoms with E-state index in [-0.39, 0.29) is 5.91 Å². The fourth-order valence-electron chi connectivity index (χ4n) is 2.98. The first-order chi connectivity index (χ1) is 11.0. The fourth-order valence-corrected chi connectivity index (χ4v) is 2.98. The number of nitrogens with zero attached hydrogens (tertiary/aromatic N) is 2. The monoisotopic (exact) mass is 317 g/mol. The van der Waals surface area contributed by atoms with Gasteiger partial charge in [-0.2, -0.15) is 0 Å². The molecule has 1 aromatic rings. The SMILES string of the molecule is Cc1cccc(N2CCN(CC(=O)NCCC(C)C)CC2)c1C. The van der Waals surface area contributed by atoms with Crippen molar-refractivity contribution in [3.63, 3.8) is 0 Å². The highest BCUT2D eigenvalue weighted by atomic mass is 16.2. The van der Waals surface area contributed by atoms with E-state index < -0.39 is 0 Å². The van der Waals surface area contributed by atoms with Crippen molar-refractivity contribution >= 4 is 11.6 Å². The van der Waals surface area contributed by atoms with Crippen molar-refractivity contribution in [2.45, 2.75) is 34.1 Å². The van der Waals surface area contributed by atoms with Crippen LogP contribution >= 0.6 is 0 Å². The van der Waals surface area contributed by atoms with Crippen LogP contribution in [0.15, 0.2) is 18.2 Å². The van der Waals surface area contributed by atoms with Gasteiger partial charge in [-0.1, -0.05) is 26.0 Å². The first-order valence-corrected chi connectivity index (χ1v) is 8.77. The van der Waals surface area contributed by atoms with Gasteiger partial charge >= 0.3 is 0 Å². The summed E-state index contributed by atoms with van der Waals surface area (Å²) in [4.78, 5) is 16.7. The molecular weight excluding hydrogens is 286 g/mol. The highest BCUT2D eigenvalue weighted by molar-refractivity contribution is 5.78. The highest BCUT2D eigenvalue weighted by Crippen LogP contribution is 2.23. The Labute approximate surface area is 140 Å². The van der Waals surface area contributed by atoms with Crippen LogP contribution < -0.4 is 10.2 Å². The lowest BCUT2D eigenvalue weighted by Gasteiger charge is -2.36. The molecule has 2 rings (SSSR count). The third-order valence-electron chi connectivity index (χ3n) is 4.70. The van der Waals surface area contributed by atoms with Crippen molar-refractivity contribution < 1.29 is 4.79 Å². The van der Waals surface area contributed by atoms with E-state index in [9.17, 15) is 4.79 Å². The van der Waals surface area contributed by atoms with Crippen molar-refractivity contribution in [2.75, 3.05) is 44.2 Å². The summed E-state index contributed by atoms with van der Waals surface area (Å²) >= 11 is 0. The summed E-state index contributed by atoms with van der Waals surface area (Å²) in [5.41, 5.74) is 4.05. The van der Waals surface area contributed by atoms with E-state index in [1.54, 1.807) is 0 Å². The Kier molecular flexibility index (Phi) is 6.46. The Morgan fingerprint density at radius 1 is 1.17 bits per heavy atom. The maximum atomic E-state index is 12.0.